The first-order chi connectivity index (χ1) is 6.89. The smallest absolute Gasteiger partial charge is 0.227 e. The molecular formula is C12H17NO2. The van der Waals surface area contributed by atoms with Crippen molar-refractivity contribution in [3.05, 3.63) is 29.3 Å². The fourth-order valence-corrected chi connectivity index (χ4v) is 1.60. The van der Waals surface area contributed by atoms with Crippen molar-refractivity contribution >= 4 is 5.91 Å². The Labute approximate surface area is 90.2 Å². The molecule has 0 fully saturated rings. The van der Waals surface area contributed by atoms with Crippen molar-refractivity contribution in [2.75, 3.05) is 7.11 Å². The van der Waals surface area contributed by atoms with Gasteiger partial charge in [-0.25, -0.2) is 0 Å². The van der Waals surface area contributed by atoms with Crippen LogP contribution < -0.4 is 10.5 Å². The van der Waals surface area contributed by atoms with Gasteiger partial charge in [-0.2, -0.15) is 0 Å². The lowest BCUT2D eigenvalue weighted by molar-refractivity contribution is -0.122. The van der Waals surface area contributed by atoms with Gasteiger partial charge in [-0.05, 0) is 44.0 Å². The Morgan fingerprint density at radius 2 is 2.00 bits per heavy atom. The van der Waals surface area contributed by atoms with E-state index in [1.807, 2.05) is 39.0 Å². The zero-order chi connectivity index (χ0) is 11.6. The minimum Gasteiger partial charge on any atom is -0.497 e. The second-order valence-corrected chi connectivity index (χ2v) is 4.17. The largest absolute Gasteiger partial charge is 0.497 e. The molecular weight excluding hydrogens is 190 g/mol. The van der Waals surface area contributed by atoms with Crippen LogP contribution in [0.3, 0.4) is 0 Å². The van der Waals surface area contributed by atoms with Crippen LogP contribution in [0.4, 0.5) is 0 Å². The molecule has 2 N–H and O–H groups in total. The van der Waals surface area contributed by atoms with E-state index in [9.17, 15) is 4.79 Å². The zero-order valence-corrected chi connectivity index (χ0v) is 9.63. The highest BCUT2D eigenvalue weighted by molar-refractivity contribution is 5.86. The van der Waals surface area contributed by atoms with E-state index in [-0.39, 0.29) is 5.91 Å². The van der Waals surface area contributed by atoms with Crippen molar-refractivity contribution in [1.29, 1.82) is 0 Å². The summed E-state index contributed by atoms with van der Waals surface area (Å²) in [5.74, 6) is 0.465. The number of carbonyl (C=O) groups excluding carboxylic acids is 1. The molecule has 15 heavy (non-hydrogen) atoms. The van der Waals surface area contributed by atoms with Crippen LogP contribution in [0.2, 0.25) is 0 Å². The van der Waals surface area contributed by atoms with Gasteiger partial charge in [-0.1, -0.05) is 6.07 Å². The molecule has 0 heterocycles. The number of carbonyl (C=O) groups is 1. The molecule has 3 nitrogen and oxygen atoms in total. The summed E-state index contributed by atoms with van der Waals surface area (Å²) in [6.07, 6.45) is 0. The highest BCUT2D eigenvalue weighted by atomic mass is 16.5. The molecule has 0 unspecified atom stereocenters. The molecule has 0 aliphatic carbocycles. The number of benzene rings is 1. The maximum atomic E-state index is 11.3. The van der Waals surface area contributed by atoms with Gasteiger partial charge in [0.2, 0.25) is 5.91 Å². The molecule has 0 bridgehead atoms. The number of aryl methyl sites for hydroxylation is 1. The van der Waals surface area contributed by atoms with E-state index in [0.29, 0.717) is 0 Å². The third kappa shape index (κ3) is 2.12. The zero-order valence-electron chi connectivity index (χ0n) is 9.63. The minimum atomic E-state index is -0.643. The Morgan fingerprint density at radius 3 is 2.40 bits per heavy atom. The highest BCUT2D eigenvalue weighted by Crippen LogP contribution is 2.28. The minimum absolute atomic E-state index is 0.323. The summed E-state index contributed by atoms with van der Waals surface area (Å²) in [5, 5.41) is 0. The average Bonchev–Trinajstić information content (AvgIpc) is 2.16. The van der Waals surface area contributed by atoms with E-state index in [0.717, 1.165) is 16.9 Å². The number of primary amides is 1. The van der Waals surface area contributed by atoms with E-state index in [4.69, 9.17) is 10.5 Å². The Balaban J connectivity index is 3.22. The molecule has 1 aromatic rings. The Morgan fingerprint density at radius 1 is 1.40 bits per heavy atom. The fraction of sp³-hybridized carbons (Fsp3) is 0.417. The second-order valence-electron chi connectivity index (χ2n) is 4.17. The van der Waals surface area contributed by atoms with Gasteiger partial charge in [0, 0.05) is 0 Å². The van der Waals surface area contributed by atoms with Gasteiger partial charge in [-0.15, -0.1) is 0 Å². The van der Waals surface area contributed by atoms with Crippen molar-refractivity contribution in [2.45, 2.75) is 26.2 Å². The van der Waals surface area contributed by atoms with Crippen LogP contribution in [0.5, 0.6) is 5.75 Å². The first kappa shape index (κ1) is 11.6. The van der Waals surface area contributed by atoms with Crippen LogP contribution in [0.25, 0.3) is 0 Å². The van der Waals surface area contributed by atoms with Crippen LogP contribution in [0.1, 0.15) is 25.0 Å². The van der Waals surface area contributed by atoms with Gasteiger partial charge in [0.1, 0.15) is 5.75 Å². The van der Waals surface area contributed by atoms with Crippen LogP contribution >= 0.6 is 0 Å². The van der Waals surface area contributed by atoms with Gasteiger partial charge in [0.05, 0.1) is 12.5 Å². The predicted molar refractivity (Wildman–Crippen MR) is 60.0 cm³/mol. The lowest BCUT2D eigenvalue weighted by atomic mass is 9.81. The molecule has 0 atom stereocenters. The summed E-state index contributed by atoms with van der Waals surface area (Å²) in [7, 11) is 1.62. The molecule has 1 rings (SSSR count). The number of methoxy groups -OCH3 is 1. The molecule has 0 aliphatic rings. The molecule has 3 heteroatoms. The molecule has 1 amide bonds. The lowest BCUT2D eigenvalue weighted by Gasteiger charge is -2.23. The van der Waals surface area contributed by atoms with E-state index < -0.39 is 5.41 Å². The monoisotopic (exact) mass is 207 g/mol. The normalized spacial score (nSPS) is 11.2. The summed E-state index contributed by atoms with van der Waals surface area (Å²) in [6, 6.07) is 5.63. The number of hydrogen-bond acceptors (Lipinski definition) is 2. The summed E-state index contributed by atoms with van der Waals surface area (Å²) >= 11 is 0. The summed E-state index contributed by atoms with van der Waals surface area (Å²) in [5.41, 5.74) is 6.68. The molecule has 0 aliphatic heterocycles. The number of rotatable bonds is 3. The standard InChI is InChI=1S/C12H17NO2/c1-8-7-9(15-4)5-6-10(8)12(2,3)11(13)14/h5-7H,1-4H3,(H2,13,14). The third-order valence-corrected chi connectivity index (χ3v) is 2.72. The first-order valence-corrected chi connectivity index (χ1v) is 4.84. The maximum absolute atomic E-state index is 11.3. The summed E-state index contributed by atoms with van der Waals surface area (Å²) in [4.78, 5) is 11.3. The van der Waals surface area contributed by atoms with E-state index in [1.54, 1.807) is 7.11 Å². The van der Waals surface area contributed by atoms with Crippen molar-refractivity contribution in [3.63, 3.8) is 0 Å². The van der Waals surface area contributed by atoms with Crippen molar-refractivity contribution < 1.29 is 9.53 Å². The topological polar surface area (TPSA) is 52.3 Å². The second kappa shape index (κ2) is 3.93. The van der Waals surface area contributed by atoms with E-state index >= 15 is 0 Å². The Hall–Kier alpha value is -1.51. The lowest BCUT2D eigenvalue weighted by Crippen LogP contribution is -2.36. The van der Waals surface area contributed by atoms with Crippen LogP contribution in [0, 0.1) is 6.92 Å². The molecule has 1 aromatic carbocycles. The third-order valence-electron chi connectivity index (χ3n) is 2.72. The Bertz CT molecular complexity index is 383. The molecule has 0 spiro atoms. The van der Waals surface area contributed by atoms with Gasteiger partial charge < -0.3 is 10.5 Å². The highest BCUT2D eigenvalue weighted by Gasteiger charge is 2.28. The van der Waals surface area contributed by atoms with E-state index in [2.05, 4.69) is 0 Å². The molecule has 0 saturated carbocycles. The first-order valence-electron chi connectivity index (χ1n) is 4.84. The number of nitrogens with two attached hydrogens (primary N) is 1. The van der Waals surface area contributed by atoms with Crippen LogP contribution in [0.15, 0.2) is 18.2 Å². The molecule has 82 valence electrons. The molecule has 0 radical (unpaired) electrons. The van der Waals surface area contributed by atoms with Crippen LogP contribution in [-0.2, 0) is 10.2 Å². The quantitative estimate of drug-likeness (QED) is 0.821. The maximum Gasteiger partial charge on any atom is 0.227 e. The van der Waals surface area contributed by atoms with Crippen molar-refractivity contribution in [3.8, 4) is 5.75 Å². The summed E-state index contributed by atoms with van der Waals surface area (Å²) < 4.78 is 5.11. The molecule has 0 saturated heterocycles. The predicted octanol–water partition coefficient (Wildman–Crippen LogP) is 1.77. The van der Waals surface area contributed by atoms with E-state index in [1.165, 1.54) is 0 Å². The number of ether oxygens (including phenoxy) is 1. The fourth-order valence-electron chi connectivity index (χ4n) is 1.60. The number of amides is 1. The molecule has 0 aromatic heterocycles. The van der Waals surface area contributed by atoms with Crippen LogP contribution in [-0.4, -0.2) is 13.0 Å². The summed E-state index contributed by atoms with van der Waals surface area (Å²) in [6.45, 7) is 5.59. The van der Waals surface area contributed by atoms with Gasteiger partial charge >= 0.3 is 0 Å². The van der Waals surface area contributed by atoms with Gasteiger partial charge in [0.25, 0.3) is 0 Å². The SMILES string of the molecule is COc1ccc(C(C)(C)C(N)=O)c(C)c1. The van der Waals surface area contributed by atoms with Crippen molar-refractivity contribution in [2.24, 2.45) is 5.73 Å². The number of hydrogen-bond donors (Lipinski definition) is 1. The van der Waals surface area contributed by atoms with Gasteiger partial charge in [0.15, 0.2) is 0 Å². The van der Waals surface area contributed by atoms with Gasteiger partial charge in [-0.3, -0.25) is 4.79 Å². The average molecular weight is 207 g/mol. The van der Waals surface area contributed by atoms with Crippen molar-refractivity contribution in [1.82, 2.24) is 0 Å². The Kier molecular flexibility index (Phi) is 3.03.